The van der Waals surface area contributed by atoms with Gasteiger partial charge in [0.1, 0.15) is 5.69 Å². The zero-order chi connectivity index (χ0) is 20.9. The molecular formula is C19H21ClN4O4S. The minimum Gasteiger partial charge on any atom is -0.342 e. The van der Waals surface area contributed by atoms with Gasteiger partial charge in [-0.25, -0.2) is 8.42 Å². The molecule has 154 valence electrons. The summed E-state index contributed by atoms with van der Waals surface area (Å²) in [6.07, 6.45) is 4.11. The Morgan fingerprint density at radius 2 is 1.86 bits per heavy atom. The van der Waals surface area contributed by atoms with Gasteiger partial charge in [0.05, 0.1) is 11.4 Å². The topological polar surface area (TPSA) is 108 Å². The lowest BCUT2D eigenvalue weighted by atomic mass is 10.2. The Morgan fingerprint density at radius 3 is 2.59 bits per heavy atom. The van der Waals surface area contributed by atoms with Crippen molar-refractivity contribution in [3.8, 4) is 0 Å². The van der Waals surface area contributed by atoms with Gasteiger partial charge in [0.15, 0.2) is 0 Å². The van der Waals surface area contributed by atoms with Gasteiger partial charge in [-0.1, -0.05) is 24.1 Å². The lowest BCUT2D eigenvalue weighted by Crippen LogP contribution is -2.35. The number of nitrogens with zero attached hydrogens (tertiary/aromatic N) is 2. The number of hydrogen-bond acceptors (Lipinski definition) is 5. The molecule has 2 aromatic rings. The Bertz CT molecular complexity index is 1010. The van der Waals surface area contributed by atoms with E-state index in [-0.39, 0.29) is 17.1 Å². The number of piperidine rings is 1. The van der Waals surface area contributed by atoms with E-state index < -0.39 is 21.8 Å². The molecule has 1 saturated heterocycles. The molecule has 0 aliphatic carbocycles. The maximum absolute atomic E-state index is 12.8. The standard InChI is InChI=1S/C19H21ClN4O4S/c20-14-7-8-21-17(11-14)19(26)22-13-18(25)23-15-5-4-6-16(12-15)29(27,28)24-9-2-1-3-10-24/h4-8,11-12H,1-3,9-10,13H2,(H,22,26)(H,23,25). The van der Waals surface area contributed by atoms with Gasteiger partial charge < -0.3 is 10.6 Å². The first-order valence-corrected chi connectivity index (χ1v) is 11.0. The molecule has 0 spiro atoms. The normalized spacial score (nSPS) is 14.9. The molecule has 10 heteroatoms. The molecule has 8 nitrogen and oxygen atoms in total. The van der Waals surface area contributed by atoms with Crippen molar-refractivity contribution in [3.05, 3.63) is 53.3 Å². The third-order valence-corrected chi connectivity index (χ3v) is 6.56. The lowest BCUT2D eigenvalue weighted by Gasteiger charge is -2.26. The van der Waals surface area contributed by atoms with Gasteiger partial charge in [-0.3, -0.25) is 14.6 Å². The maximum Gasteiger partial charge on any atom is 0.270 e. The van der Waals surface area contributed by atoms with E-state index in [9.17, 15) is 18.0 Å². The summed E-state index contributed by atoms with van der Waals surface area (Å²) >= 11 is 5.81. The van der Waals surface area contributed by atoms with Crippen LogP contribution in [0.3, 0.4) is 0 Å². The van der Waals surface area contributed by atoms with E-state index in [0.29, 0.717) is 23.8 Å². The average molecular weight is 437 g/mol. The molecule has 3 rings (SSSR count). The molecule has 1 fully saturated rings. The number of nitrogens with one attached hydrogen (secondary N) is 2. The highest BCUT2D eigenvalue weighted by Crippen LogP contribution is 2.22. The summed E-state index contributed by atoms with van der Waals surface area (Å²) in [6, 6.07) is 9.02. The number of hydrogen-bond donors (Lipinski definition) is 2. The first-order valence-electron chi connectivity index (χ1n) is 9.16. The zero-order valence-corrected chi connectivity index (χ0v) is 17.2. The molecule has 2 N–H and O–H groups in total. The Hall–Kier alpha value is -2.49. The zero-order valence-electron chi connectivity index (χ0n) is 15.6. The van der Waals surface area contributed by atoms with Crippen LogP contribution in [0.4, 0.5) is 5.69 Å². The summed E-state index contributed by atoms with van der Waals surface area (Å²) in [5, 5.41) is 5.40. The number of pyridine rings is 1. The molecule has 1 aromatic carbocycles. The summed E-state index contributed by atoms with van der Waals surface area (Å²) < 4.78 is 27.0. The van der Waals surface area contributed by atoms with E-state index >= 15 is 0 Å². The Morgan fingerprint density at radius 1 is 1.10 bits per heavy atom. The van der Waals surface area contributed by atoms with Crippen LogP contribution in [0.2, 0.25) is 5.02 Å². The third kappa shape index (κ3) is 5.53. The highest BCUT2D eigenvalue weighted by atomic mass is 35.5. The van der Waals surface area contributed by atoms with Crippen LogP contribution in [0, 0.1) is 0 Å². The monoisotopic (exact) mass is 436 g/mol. The van der Waals surface area contributed by atoms with Gasteiger partial charge in [0, 0.05) is 30.0 Å². The number of sulfonamides is 1. The Kier molecular flexibility index (Phi) is 6.83. The quantitative estimate of drug-likeness (QED) is 0.722. The van der Waals surface area contributed by atoms with Gasteiger partial charge >= 0.3 is 0 Å². The van der Waals surface area contributed by atoms with Gasteiger partial charge in [-0.2, -0.15) is 4.31 Å². The van der Waals surface area contributed by atoms with Gasteiger partial charge in [0.25, 0.3) is 5.91 Å². The number of benzene rings is 1. The number of aromatic nitrogens is 1. The predicted molar refractivity (Wildman–Crippen MR) is 109 cm³/mol. The average Bonchev–Trinajstić information content (AvgIpc) is 2.73. The van der Waals surface area contributed by atoms with Crippen molar-refractivity contribution >= 4 is 39.1 Å². The number of carbonyl (C=O) groups excluding carboxylic acids is 2. The van der Waals surface area contributed by atoms with Crippen LogP contribution in [0.1, 0.15) is 29.8 Å². The molecule has 0 bridgehead atoms. The molecule has 2 amide bonds. The smallest absolute Gasteiger partial charge is 0.270 e. The van der Waals surface area contributed by atoms with Crippen LogP contribution < -0.4 is 10.6 Å². The predicted octanol–water partition coefficient (Wildman–Crippen LogP) is 2.28. The molecule has 29 heavy (non-hydrogen) atoms. The molecule has 2 heterocycles. The van der Waals surface area contributed by atoms with Crippen LogP contribution in [0.25, 0.3) is 0 Å². The van der Waals surface area contributed by atoms with Gasteiger partial charge in [-0.15, -0.1) is 0 Å². The minimum absolute atomic E-state index is 0.0972. The second kappa shape index (κ2) is 9.34. The van der Waals surface area contributed by atoms with Crippen molar-refractivity contribution in [2.75, 3.05) is 25.0 Å². The molecule has 0 radical (unpaired) electrons. The van der Waals surface area contributed by atoms with Crippen LogP contribution in [-0.4, -0.2) is 49.2 Å². The SMILES string of the molecule is O=C(CNC(=O)c1cc(Cl)ccn1)Nc1cccc(S(=O)(=O)N2CCCCC2)c1. The molecule has 0 saturated carbocycles. The maximum atomic E-state index is 12.8. The Labute approximate surface area is 174 Å². The van der Waals surface area contributed by atoms with Crippen LogP contribution >= 0.6 is 11.6 Å². The largest absolute Gasteiger partial charge is 0.342 e. The second-order valence-corrected chi connectivity index (χ2v) is 8.96. The second-order valence-electron chi connectivity index (χ2n) is 6.58. The number of rotatable bonds is 6. The van der Waals surface area contributed by atoms with E-state index in [1.165, 1.54) is 34.8 Å². The van der Waals surface area contributed by atoms with Crippen LogP contribution in [0.5, 0.6) is 0 Å². The highest BCUT2D eigenvalue weighted by molar-refractivity contribution is 7.89. The van der Waals surface area contributed by atoms with Gasteiger partial charge in [0.2, 0.25) is 15.9 Å². The van der Waals surface area contributed by atoms with Crippen molar-refractivity contribution in [2.45, 2.75) is 24.2 Å². The molecule has 1 aliphatic heterocycles. The van der Waals surface area contributed by atoms with E-state index in [1.54, 1.807) is 12.1 Å². The fourth-order valence-electron chi connectivity index (χ4n) is 2.97. The summed E-state index contributed by atoms with van der Waals surface area (Å²) in [5.74, 6) is -1.03. The highest BCUT2D eigenvalue weighted by Gasteiger charge is 2.26. The summed E-state index contributed by atoms with van der Waals surface area (Å²) in [5.41, 5.74) is 0.433. The van der Waals surface area contributed by atoms with Crippen LogP contribution in [0.15, 0.2) is 47.5 Å². The molecule has 1 aliphatic rings. The molecule has 0 atom stereocenters. The van der Waals surface area contributed by atoms with E-state index in [4.69, 9.17) is 11.6 Å². The van der Waals surface area contributed by atoms with Crippen molar-refractivity contribution < 1.29 is 18.0 Å². The fourth-order valence-corrected chi connectivity index (χ4v) is 4.70. The van der Waals surface area contributed by atoms with Crippen molar-refractivity contribution in [3.63, 3.8) is 0 Å². The number of anilines is 1. The number of carbonyl (C=O) groups is 2. The summed E-state index contributed by atoms with van der Waals surface area (Å²) in [6.45, 7) is 0.709. The van der Waals surface area contributed by atoms with Crippen molar-refractivity contribution in [1.29, 1.82) is 0 Å². The third-order valence-electron chi connectivity index (χ3n) is 4.43. The number of amides is 2. The molecule has 0 unspecified atom stereocenters. The molecule has 1 aromatic heterocycles. The Balaban J connectivity index is 1.61. The first kappa shape index (κ1) is 21.2. The minimum atomic E-state index is -3.59. The van der Waals surface area contributed by atoms with Crippen LogP contribution in [-0.2, 0) is 14.8 Å². The van der Waals surface area contributed by atoms with E-state index in [0.717, 1.165) is 19.3 Å². The van der Waals surface area contributed by atoms with E-state index in [1.807, 2.05) is 0 Å². The summed E-state index contributed by atoms with van der Waals surface area (Å²) in [7, 11) is -3.59. The van der Waals surface area contributed by atoms with Gasteiger partial charge in [-0.05, 0) is 43.2 Å². The fraction of sp³-hybridized carbons (Fsp3) is 0.316. The van der Waals surface area contributed by atoms with Crippen molar-refractivity contribution in [1.82, 2.24) is 14.6 Å². The van der Waals surface area contributed by atoms with Crippen molar-refractivity contribution in [2.24, 2.45) is 0 Å². The number of halogens is 1. The van der Waals surface area contributed by atoms with E-state index in [2.05, 4.69) is 15.6 Å². The lowest BCUT2D eigenvalue weighted by molar-refractivity contribution is -0.115. The first-order chi connectivity index (χ1) is 13.9. The summed E-state index contributed by atoms with van der Waals surface area (Å²) in [4.78, 5) is 28.2. The molecular weight excluding hydrogens is 416 g/mol.